The van der Waals surface area contributed by atoms with Gasteiger partial charge in [0.1, 0.15) is 0 Å². The second-order valence-electron chi connectivity index (χ2n) is 4.94. The first-order valence-electron chi connectivity index (χ1n) is 6.87. The van der Waals surface area contributed by atoms with Crippen molar-refractivity contribution in [3.63, 3.8) is 0 Å². The molecule has 100 valence electrons. The summed E-state index contributed by atoms with van der Waals surface area (Å²) in [4.78, 5) is 4.59. The second kappa shape index (κ2) is 4.87. The predicted octanol–water partition coefficient (Wildman–Crippen LogP) is 4.29. The van der Waals surface area contributed by atoms with E-state index in [1.165, 1.54) is 10.8 Å². The number of rotatable bonds is 2. The van der Waals surface area contributed by atoms with Gasteiger partial charge in [-0.2, -0.15) is 5.10 Å². The molecule has 0 atom stereocenters. The monoisotopic (exact) mass is 271 g/mol. The number of aromatic amines is 1. The van der Waals surface area contributed by atoms with E-state index in [0.29, 0.717) is 0 Å². The number of fused-ring (bicyclic) bond motifs is 1. The molecule has 0 unspecified atom stereocenters. The van der Waals surface area contributed by atoms with Gasteiger partial charge in [-0.3, -0.25) is 5.10 Å². The SMILES string of the molecule is c1ccc(-c2n[nH]c(-c3ccc4ccccc4c3)n2)cc1. The van der Waals surface area contributed by atoms with Gasteiger partial charge in [0, 0.05) is 11.1 Å². The number of nitrogens with one attached hydrogen (secondary N) is 1. The van der Waals surface area contributed by atoms with Crippen molar-refractivity contribution in [1.82, 2.24) is 15.2 Å². The van der Waals surface area contributed by atoms with Gasteiger partial charge in [-0.25, -0.2) is 4.98 Å². The molecule has 0 fully saturated rings. The maximum atomic E-state index is 4.59. The van der Waals surface area contributed by atoms with Gasteiger partial charge in [-0.05, 0) is 16.8 Å². The fourth-order valence-corrected chi connectivity index (χ4v) is 2.44. The van der Waals surface area contributed by atoms with Gasteiger partial charge < -0.3 is 0 Å². The Morgan fingerprint density at radius 2 is 1.43 bits per heavy atom. The molecule has 0 aliphatic heterocycles. The van der Waals surface area contributed by atoms with E-state index in [4.69, 9.17) is 0 Å². The largest absolute Gasteiger partial charge is 0.259 e. The molecular formula is C18H13N3. The lowest BCUT2D eigenvalue weighted by atomic mass is 10.1. The van der Waals surface area contributed by atoms with Crippen molar-refractivity contribution in [2.75, 3.05) is 0 Å². The first-order valence-corrected chi connectivity index (χ1v) is 6.87. The highest BCUT2D eigenvalue weighted by Gasteiger charge is 2.07. The smallest absolute Gasteiger partial charge is 0.181 e. The van der Waals surface area contributed by atoms with Crippen LogP contribution in [-0.2, 0) is 0 Å². The summed E-state index contributed by atoms with van der Waals surface area (Å²) in [6.07, 6.45) is 0. The lowest BCUT2D eigenvalue weighted by molar-refractivity contribution is 1.10. The maximum absolute atomic E-state index is 4.59. The molecule has 4 aromatic rings. The van der Waals surface area contributed by atoms with E-state index in [1.807, 2.05) is 42.5 Å². The van der Waals surface area contributed by atoms with Gasteiger partial charge in [-0.1, -0.05) is 66.7 Å². The van der Waals surface area contributed by atoms with Crippen LogP contribution in [0.4, 0.5) is 0 Å². The van der Waals surface area contributed by atoms with Gasteiger partial charge in [0.05, 0.1) is 0 Å². The molecule has 0 aliphatic carbocycles. The van der Waals surface area contributed by atoms with Crippen LogP contribution in [0.5, 0.6) is 0 Å². The third kappa shape index (κ3) is 2.19. The molecule has 1 N–H and O–H groups in total. The lowest BCUT2D eigenvalue weighted by Gasteiger charge is -2.00. The fourth-order valence-electron chi connectivity index (χ4n) is 2.44. The zero-order valence-electron chi connectivity index (χ0n) is 11.3. The van der Waals surface area contributed by atoms with Crippen LogP contribution < -0.4 is 0 Å². The number of benzene rings is 3. The second-order valence-corrected chi connectivity index (χ2v) is 4.94. The van der Waals surface area contributed by atoms with Crippen molar-refractivity contribution >= 4 is 10.8 Å². The first kappa shape index (κ1) is 11.9. The molecule has 0 saturated carbocycles. The van der Waals surface area contributed by atoms with Crippen LogP contribution in [0, 0.1) is 0 Å². The van der Waals surface area contributed by atoms with Crippen molar-refractivity contribution in [2.24, 2.45) is 0 Å². The Hall–Kier alpha value is -2.94. The average molecular weight is 271 g/mol. The molecule has 1 heterocycles. The minimum atomic E-state index is 0.721. The maximum Gasteiger partial charge on any atom is 0.181 e. The Bertz CT molecular complexity index is 894. The van der Waals surface area contributed by atoms with Crippen LogP contribution in [0.1, 0.15) is 0 Å². The summed E-state index contributed by atoms with van der Waals surface area (Å²) in [5, 5.41) is 9.76. The number of hydrogen-bond acceptors (Lipinski definition) is 2. The van der Waals surface area contributed by atoms with E-state index in [0.717, 1.165) is 22.8 Å². The van der Waals surface area contributed by atoms with Crippen LogP contribution in [0.15, 0.2) is 72.8 Å². The van der Waals surface area contributed by atoms with E-state index in [-0.39, 0.29) is 0 Å². The van der Waals surface area contributed by atoms with Crippen molar-refractivity contribution in [1.29, 1.82) is 0 Å². The van der Waals surface area contributed by atoms with E-state index >= 15 is 0 Å². The molecule has 4 rings (SSSR count). The van der Waals surface area contributed by atoms with Gasteiger partial charge >= 0.3 is 0 Å². The zero-order chi connectivity index (χ0) is 14.1. The van der Waals surface area contributed by atoms with Crippen molar-refractivity contribution < 1.29 is 0 Å². The lowest BCUT2D eigenvalue weighted by Crippen LogP contribution is -1.82. The molecule has 0 bridgehead atoms. The Labute approximate surface area is 122 Å². The molecule has 1 aromatic heterocycles. The van der Waals surface area contributed by atoms with Gasteiger partial charge in [0.15, 0.2) is 11.6 Å². The van der Waals surface area contributed by atoms with Gasteiger partial charge in [-0.15, -0.1) is 0 Å². The molecule has 3 nitrogen and oxygen atoms in total. The first-order chi connectivity index (χ1) is 10.4. The molecule has 21 heavy (non-hydrogen) atoms. The third-order valence-electron chi connectivity index (χ3n) is 3.54. The molecule has 3 heteroatoms. The predicted molar refractivity (Wildman–Crippen MR) is 84.8 cm³/mol. The molecule has 0 amide bonds. The number of nitrogens with zero attached hydrogens (tertiary/aromatic N) is 2. The normalized spacial score (nSPS) is 10.9. The highest BCUT2D eigenvalue weighted by atomic mass is 15.2. The van der Waals surface area contributed by atoms with Crippen LogP contribution in [0.3, 0.4) is 0 Å². The van der Waals surface area contributed by atoms with Crippen molar-refractivity contribution in [3.05, 3.63) is 72.8 Å². The fraction of sp³-hybridized carbons (Fsp3) is 0. The van der Waals surface area contributed by atoms with E-state index < -0.39 is 0 Å². The Balaban J connectivity index is 1.77. The number of aromatic nitrogens is 3. The van der Waals surface area contributed by atoms with Crippen LogP contribution in [-0.4, -0.2) is 15.2 Å². The topological polar surface area (TPSA) is 41.6 Å². The van der Waals surface area contributed by atoms with Gasteiger partial charge in [0.25, 0.3) is 0 Å². The summed E-state index contributed by atoms with van der Waals surface area (Å²) >= 11 is 0. The molecule has 0 aliphatic rings. The standard InChI is InChI=1S/C18H13N3/c1-2-7-14(8-3-1)17-19-18(21-20-17)16-11-10-13-6-4-5-9-15(13)12-16/h1-12H,(H,19,20,21). The highest BCUT2D eigenvalue weighted by Crippen LogP contribution is 2.23. The van der Waals surface area contributed by atoms with E-state index in [1.54, 1.807) is 0 Å². The van der Waals surface area contributed by atoms with E-state index in [9.17, 15) is 0 Å². The quantitative estimate of drug-likeness (QED) is 0.591. The zero-order valence-corrected chi connectivity index (χ0v) is 11.3. The van der Waals surface area contributed by atoms with Gasteiger partial charge in [0.2, 0.25) is 0 Å². The number of H-pyrrole nitrogens is 1. The Morgan fingerprint density at radius 3 is 2.29 bits per heavy atom. The van der Waals surface area contributed by atoms with Crippen LogP contribution >= 0.6 is 0 Å². The minimum Gasteiger partial charge on any atom is -0.259 e. The summed E-state index contributed by atoms with van der Waals surface area (Å²) in [5.74, 6) is 1.51. The Morgan fingerprint density at radius 1 is 0.667 bits per heavy atom. The molecule has 0 radical (unpaired) electrons. The summed E-state index contributed by atoms with van der Waals surface area (Å²) in [6, 6.07) is 24.6. The van der Waals surface area contributed by atoms with Crippen LogP contribution in [0.25, 0.3) is 33.5 Å². The van der Waals surface area contributed by atoms with E-state index in [2.05, 4.69) is 45.5 Å². The number of hydrogen-bond donors (Lipinski definition) is 1. The summed E-state index contributed by atoms with van der Waals surface area (Å²) in [7, 11) is 0. The minimum absolute atomic E-state index is 0.721. The average Bonchev–Trinajstić information content (AvgIpc) is 3.05. The van der Waals surface area contributed by atoms with Crippen molar-refractivity contribution in [2.45, 2.75) is 0 Å². The summed E-state index contributed by atoms with van der Waals surface area (Å²) in [6.45, 7) is 0. The van der Waals surface area contributed by atoms with Crippen LogP contribution in [0.2, 0.25) is 0 Å². The van der Waals surface area contributed by atoms with Crippen molar-refractivity contribution in [3.8, 4) is 22.8 Å². The molecule has 3 aromatic carbocycles. The molecule has 0 saturated heterocycles. The summed E-state index contributed by atoms with van der Waals surface area (Å²) in [5.41, 5.74) is 2.06. The molecular weight excluding hydrogens is 258 g/mol. The summed E-state index contributed by atoms with van der Waals surface area (Å²) < 4.78 is 0. The third-order valence-corrected chi connectivity index (χ3v) is 3.54. The Kier molecular flexibility index (Phi) is 2.75. The highest BCUT2D eigenvalue weighted by molar-refractivity contribution is 5.86. The molecule has 0 spiro atoms.